The van der Waals surface area contributed by atoms with Crippen molar-refractivity contribution in [3.63, 3.8) is 0 Å². The molecule has 1 atom stereocenters. The van der Waals surface area contributed by atoms with Gasteiger partial charge in [-0.3, -0.25) is 4.79 Å². The molecule has 0 saturated heterocycles. The molecule has 2 heterocycles. The predicted octanol–water partition coefficient (Wildman–Crippen LogP) is 1.93. The molecule has 1 aliphatic rings. The highest BCUT2D eigenvalue weighted by atomic mass is 16.2. The number of amides is 1. The maximum atomic E-state index is 12.4. The van der Waals surface area contributed by atoms with E-state index in [2.05, 4.69) is 23.0 Å². The molecule has 0 fully saturated rings. The second-order valence-corrected chi connectivity index (χ2v) is 4.70. The average Bonchev–Trinajstić information content (AvgIpc) is 2.94. The SMILES string of the molecule is CC1Cc2ccccc2N1C(=O)Cc1cnc[nH]1. The minimum Gasteiger partial charge on any atom is -0.348 e. The number of rotatable bonds is 2. The van der Waals surface area contributed by atoms with Crippen LogP contribution in [0.25, 0.3) is 0 Å². The molecule has 92 valence electrons. The molecule has 1 unspecified atom stereocenters. The maximum absolute atomic E-state index is 12.4. The van der Waals surface area contributed by atoms with E-state index in [0.29, 0.717) is 6.42 Å². The predicted molar refractivity (Wildman–Crippen MR) is 69.4 cm³/mol. The second-order valence-electron chi connectivity index (χ2n) is 4.70. The van der Waals surface area contributed by atoms with Gasteiger partial charge in [0.2, 0.25) is 5.91 Å². The van der Waals surface area contributed by atoms with Gasteiger partial charge in [0.15, 0.2) is 0 Å². The number of H-pyrrole nitrogens is 1. The molecule has 0 aliphatic carbocycles. The van der Waals surface area contributed by atoms with Crippen molar-refractivity contribution in [1.29, 1.82) is 0 Å². The van der Waals surface area contributed by atoms with E-state index in [4.69, 9.17) is 0 Å². The minimum atomic E-state index is 0.122. The van der Waals surface area contributed by atoms with Crippen LogP contribution in [0.1, 0.15) is 18.2 Å². The Labute approximate surface area is 106 Å². The standard InChI is InChI=1S/C14H15N3O/c1-10-6-11-4-2-3-5-13(11)17(10)14(18)7-12-8-15-9-16-12/h2-5,8-10H,6-7H2,1H3,(H,15,16). The second kappa shape index (κ2) is 4.29. The van der Waals surface area contributed by atoms with Crippen molar-refractivity contribution in [2.75, 3.05) is 4.90 Å². The van der Waals surface area contributed by atoms with Gasteiger partial charge >= 0.3 is 0 Å². The first-order valence-corrected chi connectivity index (χ1v) is 6.13. The highest BCUT2D eigenvalue weighted by molar-refractivity contribution is 5.97. The fraction of sp³-hybridized carbons (Fsp3) is 0.286. The Morgan fingerprint density at radius 1 is 1.50 bits per heavy atom. The Bertz CT molecular complexity index is 562. The normalized spacial score (nSPS) is 17.8. The molecule has 0 radical (unpaired) electrons. The van der Waals surface area contributed by atoms with Gasteiger partial charge in [-0.25, -0.2) is 4.98 Å². The van der Waals surface area contributed by atoms with Gasteiger partial charge in [-0.05, 0) is 25.0 Å². The highest BCUT2D eigenvalue weighted by Gasteiger charge is 2.30. The maximum Gasteiger partial charge on any atom is 0.233 e. The van der Waals surface area contributed by atoms with Crippen molar-refractivity contribution < 1.29 is 4.79 Å². The van der Waals surface area contributed by atoms with Crippen LogP contribution in [0.2, 0.25) is 0 Å². The number of hydrogen-bond donors (Lipinski definition) is 1. The van der Waals surface area contributed by atoms with Crippen LogP contribution in [0.15, 0.2) is 36.8 Å². The first-order chi connectivity index (χ1) is 8.75. The van der Waals surface area contributed by atoms with E-state index in [-0.39, 0.29) is 11.9 Å². The lowest BCUT2D eigenvalue weighted by molar-refractivity contribution is -0.118. The van der Waals surface area contributed by atoms with Gasteiger partial charge in [-0.1, -0.05) is 18.2 Å². The molecule has 1 aliphatic heterocycles. The van der Waals surface area contributed by atoms with E-state index in [9.17, 15) is 4.79 Å². The van der Waals surface area contributed by atoms with Gasteiger partial charge in [0.05, 0.1) is 12.7 Å². The number of imidazole rings is 1. The molecule has 1 amide bonds. The third-order valence-electron chi connectivity index (χ3n) is 3.37. The molecule has 4 nitrogen and oxygen atoms in total. The van der Waals surface area contributed by atoms with Crippen LogP contribution in [0.5, 0.6) is 0 Å². The van der Waals surface area contributed by atoms with E-state index in [1.165, 1.54) is 5.56 Å². The summed E-state index contributed by atoms with van der Waals surface area (Å²) in [6.45, 7) is 2.09. The third kappa shape index (κ3) is 1.79. The lowest BCUT2D eigenvalue weighted by Gasteiger charge is -2.22. The Morgan fingerprint density at radius 2 is 2.33 bits per heavy atom. The van der Waals surface area contributed by atoms with Crippen LogP contribution < -0.4 is 4.90 Å². The molecule has 1 aromatic carbocycles. The van der Waals surface area contributed by atoms with E-state index in [0.717, 1.165) is 17.8 Å². The molecule has 0 saturated carbocycles. The number of hydrogen-bond acceptors (Lipinski definition) is 2. The minimum absolute atomic E-state index is 0.122. The number of carbonyl (C=O) groups excluding carboxylic acids is 1. The van der Waals surface area contributed by atoms with Gasteiger partial charge in [0.1, 0.15) is 0 Å². The van der Waals surface area contributed by atoms with E-state index in [1.807, 2.05) is 23.1 Å². The van der Waals surface area contributed by atoms with Crippen LogP contribution in [0.4, 0.5) is 5.69 Å². The van der Waals surface area contributed by atoms with Crippen LogP contribution in [-0.2, 0) is 17.6 Å². The molecule has 0 bridgehead atoms. The van der Waals surface area contributed by atoms with Gasteiger partial charge < -0.3 is 9.88 Å². The van der Waals surface area contributed by atoms with Crippen molar-refractivity contribution in [2.45, 2.75) is 25.8 Å². The molecule has 0 spiro atoms. The van der Waals surface area contributed by atoms with Crippen molar-refractivity contribution in [3.05, 3.63) is 48.0 Å². The number of para-hydroxylation sites is 1. The molecule has 4 heteroatoms. The number of benzene rings is 1. The number of nitrogens with one attached hydrogen (secondary N) is 1. The Balaban J connectivity index is 1.86. The van der Waals surface area contributed by atoms with Gasteiger partial charge in [0.25, 0.3) is 0 Å². The van der Waals surface area contributed by atoms with Gasteiger partial charge in [0, 0.05) is 23.6 Å². The summed E-state index contributed by atoms with van der Waals surface area (Å²) in [4.78, 5) is 21.2. The smallest absolute Gasteiger partial charge is 0.233 e. The van der Waals surface area contributed by atoms with Crippen LogP contribution >= 0.6 is 0 Å². The van der Waals surface area contributed by atoms with E-state index in [1.54, 1.807) is 12.5 Å². The summed E-state index contributed by atoms with van der Waals surface area (Å²) >= 11 is 0. The quantitative estimate of drug-likeness (QED) is 0.873. The zero-order valence-electron chi connectivity index (χ0n) is 10.3. The Hall–Kier alpha value is -2.10. The summed E-state index contributed by atoms with van der Waals surface area (Å²) in [6.07, 6.45) is 4.61. The Kier molecular flexibility index (Phi) is 2.63. The average molecular weight is 241 g/mol. The highest BCUT2D eigenvalue weighted by Crippen LogP contribution is 2.32. The van der Waals surface area contributed by atoms with E-state index >= 15 is 0 Å². The Morgan fingerprint density at radius 3 is 3.11 bits per heavy atom. The summed E-state index contributed by atoms with van der Waals surface area (Å²) in [6, 6.07) is 8.35. The van der Waals surface area contributed by atoms with Crippen molar-refractivity contribution >= 4 is 11.6 Å². The summed E-state index contributed by atoms with van der Waals surface area (Å²) < 4.78 is 0. The summed E-state index contributed by atoms with van der Waals surface area (Å²) in [5.41, 5.74) is 3.16. The van der Waals surface area contributed by atoms with Gasteiger partial charge in [-0.2, -0.15) is 0 Å². The first-order valence-electron chi connectivity index (χ1n) is 6.13. The zero-order valence-corrected chi connectivity index (χ0v) is 10.3. The van der Waals surface area contributed by atoms with E-state index < -0.39 is 0 Å². The lowest BCUT2D eigenvalue weighted by Crippen LogP contribution is -2.36. The van der Waals surface area contributed by atoms with Crippen LogP contribution in [-0.4, -0.2) is 21.9 Å². The summed E-state index contributed by atoms with van der Waals surface area (Å²) in [5, 5.41) is 0. The van der Waals surface area contributed by atoms with Crippen molar-refractivity contribution in [3.8, 4) is 0 Å². The summed E-state index contributed by atoms with van der Waals surface area (Å²) in [7, 11) is 0. The molecule has 2 aromatic rings. The largest absolute Gasteiger partial charge is 0.348 e. The van der Waals surface area contributed by atoms with Crippen LogP contribution in [0.3, 0.4) is 0 Å². The topological polar surface area (TPSA) is 49.0 Å². The number of nitrogens with zero attached hydrogens (tertiary/aromatic N) is 2. The number of anilines is 1. The lowest BCUT2D eigenvalue weighted by atomic mass is 10.1. The number of carbonyl (C=O) groups is 1. The van der Waals surface area contributed by atoms with Crippen LogP contribution in [0, 0.1) is 0 Å². The molecule has 1 N–H and O–H groups in total. The molecular weight excluding hydrogens is 226 g/mol. The number of aromatic nitrogens is 2. The fourth-order valence-corrected chi connectivity index (χ4v) is 2.58. The fourth-order valence-electron chi connectivity index (χ4n) is 2.58. The van der Waals surface area contributed by atoms with Crippen molar-refractivity contribution in [2.24, 2.45) is 0 Å². The number of fused-ring (bicyclic) bond motifs is 1. The monoisotopic (exact) mass is 241 g/mol. The third-order valence-corrected chi connectivity index (χ3v) is 3.37. The van der Waals surface area contributed by atoms with Crippen molar-refractivity contribution in [1.82, 2.24) is 9.97 Å². The molecule has 1 aromatic heterocycles. The zero-order chi connectivity index (χ0) is 12.5. The van der Waals surface area contributed by atoms with Gasteiger partial charge in [-0.15, -0.1) is 0 Å². The number of aromatic amines is 1. The first kappa shape index (κ1) is 11.0. The summed E-state index contributed by atoms with van der Waals surface area (Å²) in [5.74, 6) is 0.122. The molecular formula is C14H15N3O. The molecule has 18 heavy (non-hydrogen) atoms. The molecule has 3 rings (SSSR count).